The van der Waals surface area contributed by atoms with E-state index in [0.29, 0.717) is 0 Å². The molecule has 0 saturated carbocycles. The highest BCUT2D eigenvalue weighted by Crippen LogP contribution is 2.29. The third-order valence-corrected chi connectivity index (χ3v) is 3.12. The van der Waals surface area contributed by atoms with Crippen LogP contribution in [0, 0.1) is 6.92 Å². The van der Waals surface area contributed by atoms with Crippen LogP contribution in [0.1, 0.15) is 5.56 Å². The average Bonchev–Trinajstić information content (AvgIpc) is 2.26. The molecule has 0 atom stereocenters. The number of benzene rings is 1. The van der Waals surface area contributed by atoms with Crippen molar-refractivity contribution in [1.29, 1.82) is 0 Å². The normalized spacial score (nSPS) is 10.2. The van der Waals surface area contributed by atoms with Crippen LogP contribution in [0.5, 0.6) is 0 Å². The molecule has 0 unspecified atom stereocenters. The van der Waals surface area contributed by atoms with Gasteiger partial charge in [-0.05, 0) is 42.4 Å². The standard InChI is InChI=1S/C11H11N3S/c1-8-9(12)4-2-5-10(8)15-11-13-6-3-7-14-11/h2-7H,12H2,1H3. The molecule has 0 amide bonds. The Kier molecular flexibility index (Phi) is 2.87. The number of nitrogens with two attached hydrogens (primary N) is 1. The fourth-order valence-corrected chi connectivity index (χ4v) is 2.02. The molecule has 1 heterocycles. The maximum Gasteiger partial charge on any atom is 0.192 e. The summed E-state index contributed by atoms with van der Waals surface area (Å²) < 4.78 is 0. The van der Waals surface area contributed by atoms with Crippen LogP contribution in [0.25, 0.3) is 0 Å². The van der Waals surface area contributed by atoms with Gasteiger partial charge in [-0.2, -0.15) is 0 Å². The quantitative estimate of drug-likeness (QED) is 0.620. The van der Waals surface area contributed by atoms with Crippen LogP contribution in [-0.2, 0) is 0 Å². The highest BCUT2D eigenvalue weighted by atomic mass is 32.2. The third-order valence-electron chi connectivity index (χ3n) is 2.07. The predicted octanol–water partition coefficient (Wildman–Crippen LogP) is 2.52. The van der Waals surface area contributed by atoms with E-state index in [-0.39, 0.29) is 0 Å². The molecular weight excluding hydrogens is 206 g/mol. The Balaban J connectivity index is 2.29. The van der Waals surface area contributed by atoms with Gasteiger partial charge in [0.05, 0.1) is 0 Å². The number of nitrogens with zero attached hydrogens (tertiary/aromatic N) is 2. The SMILES string of the molecule is Cc1c(N)cccc1Sc1ncccn1. The molecule has 0 aliphatic carbocycles. The van der Waals surface area contributed by atoms with Crippen molar-refractivity contribution in [2.75, 3.05) is 5.73 Å². The molecule has 0 aliphatic rings. The first-order valence-electron chi connectivity index (χ1n) is 4.57. The van der Waals surface area contributed by atoms with E-state index in [2.05, 4.69) is 9.97 Å². The fourth-order valence-electron chi connectivity index (χ4n) is 1.18. The molecule has 0 spiro atoms. The Morgan fingerprint density at radius 3 is 2.60 bits per heavy atom. The molecule has 15 heavy (non-hydrogen) atoms. The number of aromatic nitrogens is 2. The minimum absolute atomic E-state index is 0.742. The van der Waals surface area contributed by atoms with Crippen molar-refractivity contribution in [2.24, 2.45) is 0 Å². The van der Waals surface area contributed by atoms with Crippen molar-refractivity contribution in [1.82, 2.24) is 9.97 Å². The van der Waals surface area contributed by atoms with Gasteiger partial charge in [0.15, 0.2) is 5.16 Å². The monoisotopic (exact) mass is 217 g/mol. The molecule has 76 valence electrons. The minimum atomic E-state index is 0.742. The lowest BCUT2D eigenvalue weighted by Gasteiger charge is -2.05. The van der Waals surface area contributed by atoms with Crippen molar-refractivity contribution in [3.05, 3.63) is 42.2 Å². The topological polar surface area (TPSA) is 51.8 Å². The van der Waals surface area contributed by atoms with E-state index in [4.69, 9.17) is 5.73 Å². The Bertz CT molecular complexity index is 457. The molecule has 3 nitrogen and oxygen atoms in total. The maximum absolute atomic E-state index is 5.82. The summed E-state index contributed by atoms with van der Waals surface area (Å²) in [5.41, 5.74) is 7.70. The van der Waals surface area contributed by atoms with E-state index in [1.165, 1.54) is 11.8 Å². The lowest BCUT2D eigenvalue weighted by atomic mass is 10.2. The molecule has 0 fully saturated rings. The number of anilines is 1. The number of hydrogen-bond acceptors (Lipinski definition) is 4. The summed E-state index contributed by atoms with van der Waals surface area (Å²) in [6.07, 6.45) is 3.47. The summed E-state index contributed by atoms with van der Waals surface area (Å²) >= 11 is 1.53. The zero-order valence-electron chi connectivity index (χ0n) is 8.34. The van der Waals surface area contributed by atoms with E-state index in [1.54, 1.807) is 18.5 Å². The molecule has 1 aromatic carbocycles. The molecule has 2 aromatic rings. The van der Waals surface area contributed by atoms with Gasteiger partial charge in [0.25, 0.3) is 0 Å². The van der Waals surface area contributed by atoms with Crippen molar-refractivity contribution in [3.8, 4) is 0 Å². The van der Waals surface area contributed by atoms with Crippen LogP contribution in [-0.4, -0.2) is 9.97 Å². The number of nitrogen functional groups attached to an aromatic ring is 1. The minimum Gasteiger partial charge on any atom is -0.398 e. The molecule has 0 saturated heterocycles. The van der Waals surface area contributed by atoms with Gasteiger partial charge in [-0.15, -0.1) is 0 Å². The van der Waals surface area contributed by atoms with Crippen LogP contribution in [0.15, 0.2) is 46.7 Å². The largest absolute Gasteiger partial charge is 0.398 e. The molecular formula is C11H11N3S. The molecule has 2 N–H and O–H groups in total. The zero-order valence-corrected chi connectivity index (χ0v) is 9.16. The summed E-state index contributed by atoms with van der Waals surface area (Å²) in [5, 5.41) is 0.742. The highest BCUT2D eigenvalue weighted by Gasteiger charge is 2.04. The van der Waals surface area contributed by atoms with Crippen LogP contribution in [0.2, 0.25) is 0 Å². The van der Waals surface area contributed by atoms with E-state index in [9.17, 15) is 0 Å². The molecule has 0 aliphatic heterocycles. The summed E-state index contributed by atoms with van der Waals surface area (Å²) in [6.45, 7) is 2.00. The van der Waals surface area contributed by atoms with Gasteiger partial charge < -0.3 is 5.73 Å². The summed E-state index contributed by atoms with van der Waals surface area (Å²) in [7, 11) is 0. The molecule has 1 aromatic heterocycles. The van der Waals surface area contributed by atoms with Gasteiger partial charge in [-0.3, -0.25) is 0 Å². The van der Waals surface area contributed by atoms with Gasteiger partial charge in [-0.25, -0.2) is 9.97 Å². The second kappa shape index (κ2) is 4.31. The lowest BCUT2D eigenvalue weighted by Crippen LogP contribution is -1.91. The van der Waals surface area contributed by atoms with Gasteiger partial charge in [0, 0.05) is 23.0 Å². The fraction of sp³-hybridized carbons (Fsp3) is 0.0909. The van der Waals surface area contributed by atoms with E-state index in [1.807, 2.05) is 25.1 Å². The van der Waals surface area contributed by atoms with E-state index < -0.39 is 0 Å². The maximum atomic E-state index is 5.82. The van der Waals surface area contributed by atoms with Gasteiger partial charge >= 0.3 is 0 Å². The van der Waals surface area contributed by atoms with Crippen molar-refractivity contribution < 1.29 is 0 Å². The highest BCUT2D eigenvalue weighted by molar-refractivity contribution is 7.99. The first-order chi connectivity index (χ1) is 7.27. The summed E-state index contributed by atoms with van der Waals surface area (Å²) in [5.74, 6) is 0. The third kappa shape index (κ3) is 2.27. The first kappa shape index (κ1) is 9.98. The average molecular weight is 217 g/mol. The Labute approximate surface area is 92.8 Å². The second-order valence-electron chi connectivity index (χ2n) is 3.10. The number of rotatable bonds is 2. The van der Waals surface area contributed by atoms with Crippen molar-refractivity contribution in [2.45, 2.75) is 17.0 Å². The van der Waals surface area contributed by atoms with Crippen molar-refractivity contribution in [3.63, 3.8) is 0 Å². The molecule has 4 heteroatoms. The van der Waals surface area contributed by atoms with Crippen LogP contribution in [0.3, 0.4) is 0 Å². The zero-order chi connectivity index (χ0) is 10.7. The van der Waals surface area contributed by atoms with Gasteiger partial charge in [-0.1, -0.05) is 6.07 Å². The summed E-state index contributed by atoms with van der Waals surface area (Å²) in [4.78, 5) is 9.41. The Morgan fingerprint density at radius 1 is 1.13 bits per heavy atom. The van der Waals surface area contributed by atoms with Gasteiger partial charge in [0.2, 0.25) is 0 Å². The molecule has 2 rings (SSSR count). The van der Waals surface area contributed by atoms with Crippen LogP contribution < -0.4 is 5.73 Å². The van der Waals surface area contributed by atoms with E-state index >= 15 is 0 Å². The van der Waals surface area contributed by atoms with Crippen LogP contribution >= 0.6 is 11.8 Å². The Hall–Kier alpha value is -1.55. The van der Waals surface area contributed by atoms with Crippen molar-refractivity contribution >= 4 is 17.4 Å². The Morgan fingerprint density at radius 2 is 1.87 bits per heavy atom. The second-order valence-corrected chi connectivity index (χ2v) is 4.11. The molecule has 0 bridgehead atoms. The van der Waals surface area contributed by atoms with E-state index in [0.717, 1.165) is 21.3 Å². The summed E-state index contributed by atoms with van der Waals surface area (Å²) in [6, 6.07) is 7.65. The lowest BCUT2D eigenvalue weighted by molar-refractivity contribution is 0.966. The first-order valence-corrected chi connectivity index (χ1v) is 5.39. The predicted molar refractivity (Wildman–Crippen MR) is 61.7 cm³/mol. The smallest absolute Gasteiger partial charge is 0.192 e. The van der Waals surface area contributed by atoms with Crippen LogP contribution in [0.4, 0.5) is 5.69 Å². The number of hydrogen-bond donors (Lipinski definition) is 1. The molecule has 0 radical (unpaired) electrons. The van der Waals surface area contributed by atoms with Gasteiger partial charge in [0.1, 0.15) is 0 Å².